The second kappa shape index (κ2) is 24.0. The zero-order valence-electron chi connectivity index (χ0n) is 34.5. The molecule has 0 radical (unpaired) electrons. The molecule has 0 unspecified atom stereocenters. The minimum absolute atomic E-state index is 0.111. The van der Waals surface area contributed by atoms with Gasteiger partial charge in [0.15, 0.2) is 0 Å². The van der Waals surface area contributed by atoms with E-state index in [0.29, 0.717) is 5.75 Å². The van der Waals surface area contributed by atoms with E-state index >= 15 is 0 Å². The first-order valence-electron chi connectivity index (χ1n) is 18.0. The van der Waals surface area contributed by atoms with Gasteiger partial charge in [-0.1, -0.05) is 133 Å². The molecule has 0 aliphatic rings. The van der Waals surface area contributed by atoms with Crippen molar-refractivity contribution in [1.82, 2.24) is 0 Å². The van der Waals surface area contributed by atoms with Gasteiger partial charge >= 0.3 is 12.4 Å². The van der Waals surface area contributed by atoms with Crippen LogP contribution in [0.1, 0.15) is 110 Å². The number of hydrogen-bond acceptors (Lipinski definition) is 4. The van der Waals surface area contributed by atoms with Crippen molar-refractivity contribution in [2.45, 2.75) is 125 Å². The molecule has 0 heterocycles. The largest absolute Gasteiger partial charge is 0.488 e. The molecule has 0 amide bonds. The first kappa shape index (κ1) is 52.5. The minimum Gasteiger partial charge on any atom is -0.488 e. The Kier molecular flexibility index (Phi) is 22.9. The van der Waals surface area contributed by atoms with E-state index in [1.165, 1.54) is 24.0 Å². The van der Waals surface area contributed by atoms with Gasteiger partial charge < -0.3 is 19.1 Å². The van der Waals surface area contributed by atoms with Crippen LogP contribution >= 0.6 is 0 Å². The third kappa shape index (κ3) is 16.8. The van der Waals surface area contributed by atoms with Crippen molar-refractivity contribution < 1.29 is 45.4 Å². The number of carbonyl (C=O) groups excluding carboxylic acids is 2. The van der Waals surface area contributed by atoms with Gasteiger partial charge in [-0.15, -0.1) is 0 Å². The highest BCUT2D eigenvalue weighted by molar-refractivity contribution is 5.47. The first-order valence-corrected chi connectivity index (χ1v) is 18.0. The smallest absolute Gasteiger partial charge is 0.411 e. The average molecular weight is 779 g/mol. The van der Waals surface area contributed by atoms with E-state index in [9.17, 15) is 26.3 Å². The van der Waals surface area contributed by atoms with Crippen LogP contribution in [0, 0.1) is 13.8 Å². The van der Waals surface area contributed by atoms with Gasteiger partial charge in [0.25, 0.3) is 0 Å². The lowest BCUT2D eigenvalue weighted by Gasteiger charge is -2.38. The topological polar surface area (TPSA) is 52.6 Å². The van der Waals surface area contributed by atoms with Crippen LogP contribution in [0.4, 0.5) is 26.3 Å². The van der Waals surface area contributed by atoms with Crippen molar-refractivity contribution in [2.75, 3.05) is 0 Å². The zero-order valence-corrected chi connectivity index (χ0v) is 34.5. The van der Waals surface area contributed by atoms with Crippen molar-refractivity contribution in [1.29, 1.82) is 0 Å². The Hall–Kier alpha value is -4.60. The first-order chi connectivity index (χ1) is 25.5. The summed E-state index contributed by atoms with van der Waals surface area (Å²) in [6, 6.07) is 23.2. The highest BCUT2D eigenvalue weighted by Gasteiger charge is 2.72. The quantitative estimate of drug-likeness (QED) is 0.183. The second-order valence-electron chi connectivity index (χ2n) is 14.0. The number of rotatable bonds is 6. The van der Waals surface area contributed by atoms with Crippen LogP contribution in [0.5, 0.6) is 17.2 Å². The molecule has 0 bridgehead atoms. The fraction of sp³-hybridized carbons (Fsp3) is 0.422. The maximum atomic E-state index is 14.3. The van der Waals surface area contributed by atoms with Gasteiger partial charge in [-0.2, -0.15) is 26.3 Å². The van der Waals surface area contributed by atoms with Crippen molar-refractivity contribution in [3.05, 3.63) is 125 Å². The fourth-order valence-corrected chi connectivity index (χ4v) is 4.68. The zero-order chi connectivity index (χ0) is 43.3. The minimum atomic E-state index is -5.67. The number of carbonyl (C=O) groups is 2. The summed E-state index contributed by atoms with van der Waals surface area (Å²) >= 11 is 0. The van der Waals surface area contributed by atoms with Crippen LogP contribution in [0.3, 0.4) is 0 Å². The molecular formula is C45H60F6O4. The summed E-state index contributed by atoms with van der Waals surface area (Å²) in [5.41, 5.74) is -2.83. The third-order valence-corrected chi connectivity index (χ3v) is 7.52. The van der Waals surface area contributed by atoms with Gasteiger partial charge in [0.2, 0.25) is 5.41 Å². The third-order valence-electron chi connectivity index (χ3n) is 7.52. The van der Waals surface area contributed by atoms with Gasteiger partial charge in [0, 0.05) is 0 Å². The van der Waals surface area contributed by atoms with Crippen LogP contribution in [0.25, 0.3) is 0 Å². The fourth-order valence-electron chi connectivity index (χ4n) is 4.68. The van der Waals surface area contributed by atoms with Crippen LogP contribution < -0.4 is 9.47 Å². The predicted octanol–water partition coefficient (Wildman–Crippen LogP) is 14.1. The molecule has 10 heteroatoms. The van der Waals surface area contributed by atoms with E-state index in [4.69, 9.17) is 19.1 Å². The number of benzene rings is 4. The van der Waals surface area contributed by atoms with E-state index in [1.54, 1.807) is 45.0 Å². The molecule has 0 fully saturated rings. The molecule has 4 aromatic rings. The van der Waals surface area contributed by atoms with Crippen LogP contribution in [0.2, 0.25) is 0 Å². The lowest BCUT2D eigenvalue weighted by atomic mass is 9.73. The monoisotopic (exact) mass is 778 g/mol. The average Bonchev–Trinajstić information content (AvgIpc) is 3.12. The number of unbranched alkanes of at least 4 members (excludes halogenated alkanes) is 1. The summed E-state index contributed by atoms with van der Waals surface area (Å²) in [4.78, 5) is 16.0. The Morgan fingerprint density at radius 3 is 1.02 bits per heavy atom. The van der Waals surface area contributed by atoms with Crippen LogP contribution in [-0.4, -0.2) is 31.5 Å². The summed E-state index contributed by atoms with van der Waals surface area (Å²) < 4.78 is 97.0. The van der Waals surface area contributed by atoms with Crippen LogP contribution in [-0.2, 0) is 20.4 Å². The van der Waals surface area contributed by atoms with E-state index in [-0.39, 0.29) is 16.9 Å². The number of halogens is 6. The van der Waals surface area contributed by atoms with Gasteiger partial charge in [0.05, 0.1) is 0 Å². The Labute approximate surface area is 325 Å². The standard InChI is InChI=1S/C26H24F6O2.C11H16.C4H10.C2H6.2CH2O/c1-17-5-11-20(12-6-17)33-21-13-7-18(8-14-21)24(25(27,28)29,26(30,31)32)19-9-15-22(16-10-19)34-23(2,3)4;1-9-5-7-10(8-6-9)11(2,3)4;1-3-4-2;3*1-2/h5-16H,1-4H3;5-8H,1-4H3;3-4H2,1-2H3;1-2H3;2*1H2. The molecule has 0 N–H and O–H groups in total. The summed E-state index contributed by atoms with van der Waals surface area (Å²) in [6.45, 7) is 28.2. The van der Waals surface area contributed by atoms with Gasteiger partial charge in [-0.3, -0.25) is 0 Å². The molecule has 0 aliphatic carbocycles. The highest BCUT2D eigenvalue weighted by Crippen LogP contribution is 2.56. The SMILES string of the molecule is C=O.C=O.CC.CCCC.Cc1ccc(C(C)(C)C)cc1.Cc1ccc(Oc2ccc(C(c3ccc(OC(C)(C)C)cc3)(C(F)(F)F)C(F)(F)F)cc2)cc1. The van der Waals surface area contributed by atoms with E-state index in [2.05, 4.69) is 65.8 Å². The Balaban J connectivity index is 0. The van der Waals surface area contributed by atoms with Crippen molar-refractivity contribution >= 4 is 13.6 Å². The lowest BCUT2D eigenvalue weighted by molar-refractivity contribution is -0.288. The predicted molar refractivity (Wildman–Crippen MR) is 213 cm³/mol. The molecule has 306 valence electrons. The number of ether oxygens (including phenoxy) is 2. The Morgan fingerprint density at radius 2 is 0.745 bits per heavy atom. The van der Waals surface area contributed by atoms with Crippen LogP contribution in [0.15, 0.2) is 97.1 Å². The molecule has 0 spiro atoms. The highest BCUT2D eigenvalue weighted by atomic mass is 19.4. The van der Waals surface area contributed by atoms with E-state index in [1.807, 2.05) is 34.3 Å². The second-order valence-corrected chi connectivity index (χ2v) is 14.0. The summed E-state index contributed by atoms with van der Waals surface area (Å²) in [5, 5.41) is 0. The van der Waals surface area contributed by atoms with E-state index in [0.717, 1.165) is 54.1 Å². The van der Waals surface area contributed by atoms with E-state index < -0.39 is 34.5 Å². The van der Waals surface area contributed by atoms with Gasteiger partial charge in [-0.05, 0) is 93.1 Å². The Morgan fingerprint density at radius 1 is 0.473 bits per heavy atom. The number of aryl methyl sites for hydroxylation is 2. The molecule has 0 aliphatic heterocycles. The molecular weight excluding hydrogens is 718 g/mol. The maximum Gasteiger partial charge on any atom is 0.411 e. The molecule has 0 saturated carbocycles. The van der Waals surface area contributed by atoms with Crippen molar-refractivity contribution in [3.63, 3.8) is 0 Å². The molecule has 4 nitrogen and oxygen atoms in total. The maximum absolute atomic E-state index is 14.3. The Bertz CT molecular complexity index is 1560. The molecule has 0 saturated heterocycles. The number of hydrogen-bond donors (Lipinski definition) is 0. The van der Waals surface area contributed by atoms with Gasteiger partial charge in [-0.25, -0.2) is 0 Å². The summed E-state index contributed by atoms with van der Waals surface area (Å²) in [6.07, 6.45) is -8.70. The normalized spacial score (nSPS) is 11.2. The molecule has 55 heavy (non-hydrogen) atoms. The molecule has 4 aromatic carbocycles. The number of alkyl halides is 6. The van der Waals surface area contributed by atoms with Crippen molar-refractivity contribution in [2.24, 2.45) is 0 Å². The van der Waals surface area contributed by atoms with Crippen molar-refractivity contribution in [3.8, 4) is 17.2 Å². The lowest BCUT2D eigenvalue weighted by Crippen LogP contribution is -2.54. The summed E-state index contributed by atoms with van der Waals surface area (Å²) in [7, 11) is 0. The van der Waals surface area contributed by atoms with Gasteiger partial charge in [0.1, 0.15) is 36.4 Å². The molecule has 0 atom stereocenters. The molecule has 4 rings (SSSR count). The summed E-state index contributed by atoms with van der Waals surface area (Å²) in [5.74, 6) is 0.682. The molecule has 0 aromatic heterocycles.